The highest BCUT2D eigenvalue weighted by molar-refractivity contribution is 5.91. The van der Waals surface area contributed by atoms with E-state index in [0.29, 0.717) is 0 Å². The third-order valence-electron chi connectivity index (χ3n) is 10.8. The summed E-state index contributed by atoms with van der Waals surface area (Å²) in [7, 11) is 0. The lowest BCUT2D eigenvalue weighted by Gasteiger charge is -2.38. The van der Waals surface area contributed by atoms with Crippen molar-refractivity contribution in [2.75, 3.05) is 0 Å². The predicted molar refractivity (Wildman–Crippen MR) is 186 cm³/mol. The molecule has 1 heterocycles. The van der Waals surface area contributed by atoms with Gasteiger partial charge >= 0.3 is 0 Å². The Kier molecular flexibility index (Phi) is 8.63. The van der Waals surface area contributed by atoms with E-state index in [-0.39, 0.29) is 5.41 Å². The molecule has 4 aliphatic carbocycles. The molecule has 2 nitrogen and oxygen atoms in total. The summed E-state index contributed by atoms with van der Waals surface area (Å²) in [4.78, 5) is 0. The van der Waals surface area contributed by atoms with Crippen LogP contribution >= 0.6 is 0 Å². The van der Waals surface area contributed by atoms with Gasteiger partial charge in [0.05, 0.1) is 12.0 Å². The van der Waals surface area contributed by atoms with Crippen molar-refractivity contribution in [3.63, 3.8) is 0 Å². The Labute approximate surface area is 271 Å². The Bertz CT molecular complexity index is 1610. The number of allylic oxidation sites excluding steroid dienone is 5. The molecule has 0 unspecified atom stereocenters. The second-order valence-corrected chi connectivity index (χ2v) is 13.7. The zero-order valence-corrected chi connectivity index (χ0v) is 27.4. The van der Waals surface area contributed by atoms with E-state index >= 15 is 0 Å². The maximum atomic E-state index is 6.80. The molecule has 0 amide bonds. The Hall–Kier alpha value is -3.70. The van der Waals surface area contributed by atoms with Gasteiger partial charge in [-0.3, -0.25) is 0 Å². The van der Waals surface area contributed by atoms with Gasteiger partial charge in [0.1, 0.15) is 23.5 Å². The van der Waals surface area contributed by atoms with Crippen LogP contribution in [0.1, 0.15) is 127 Å². The first kappa shape index (κ1) is 30.0. The van der Waals surface area contributed by atoms with E-state index in [1.165, 1.54) is 104 Å². The van der Waals surface area contributed by atoms with Gasteiger partial charge < -0.3 is 9.47 Å². The molecule has 2 heteroatoms. The SMILES string of the molecule is CCCCCCC1(CCCCCC)C2=C([CH-]C=C=C2)c2ccc(-c3ccc4c(c3)C3=C([CH+]C=C=C3)OC3(CCCCC3)O4)cc21. The maximum absolute atomic E-state index is 6.80. The van der Waals surface area contributed by atoms with Crippen LogP contribution < -0.4 is 4.74 Å². The molecule has 0 atom stereocenters. The molecule has 45 heavy (non-hydrogen) atoms. The zero-order valence-electron chi connectivity index (χ0n) is 27.4. The highest BCUT2D eigenvalue weighted by atomic mass is 16.7. The van der Waals surface area contributed by atoms with Crippen molar-refractivity contribution < 1.29 is 9.47 Å². The van der Waals surface area contributed by atoms with E-state index in [1.807, 2.05) is 6.08 Å². The van der Waals surface area contributed by atoms with Crippen LogP contribution in [0.2, 0.25) is 0 Å². The Morgan fingerprint density at radius 3 is 2.31 bits per heavy atom. The summed E-state index contributed by atoms with van der Waals surface area (Å²) in [5.74, 6) is 1.25. The lowest BCUT2D eigenvalue weighted by atomic mass is 9.69. The highest BCUT2D eigenvalue weighted by Gasteiger charge is 2.43. The summed E-state index contributed by atoms with van der Waals surface area (Å²) in [6.45, 7) is 4.62. The molecule has 0 radical (unpaired) electrons. The minimum Gasteiger partial charge on any atom is -0.450 e. The standard InChI is InChI=1S/C43H48O2/c1-3-5-7-14-26-42(27-15-8-6-4-2)38-20-12-10-18-34(38)35-24-22-33(31-39(35)42)32-23-25-41-37(30-32)36-19-11-13-21-40(36)44-43(45-41)28-16-9-17-29-43/h10,13,18-25,30-31H,3-9,14-17,26-29H2,1-2H3. The first-order valence-corrected chi connectivity index (χ1v) is 17.8. The van der Waals surface area contributed by atoms with E-state index in [4.69, 9.17) is 9.47 Å². The third kappa shape index (κ3) is 5.65. The van der Waals surface area contributed by atoms with Gasteiger partial charge in [0.25, 0.3) is 5.79 Å². The lowest BCUT2D eigenvalue weighted by Crippen LogP contribution is -2.40. The van der Waals surface area contributed by atoms with Crippen LogP contribution in [0.15, 0.2) is 83.5 Å². The van der Waals surface area contributed by atoms with Crippen molar-refractivity contribution >= 4 is 11.1 Å². The highest BCUT2D eigenvalue weighted by Crippen LogP contribution is 2.55. The van der Waals surface area contributed by atoms with Gasteiger partial charge in [0.2, 0.25) is 5.76 Å². The maximum Gasteiger partial charge on any atom is 0.254 e. The van der Waals surface area contributed by atoms with Crippen molar-refractivity contribution in [1.29, 1.82) is 0 Å². The number of fused-ring (bicyclic) bond motifs is 4. The number of ether oxygens (including phenoxy) is 2. The lowest BCUT2D eigenvalue weighted by molar-refractivity contribution is -0.171. The molecule has 2 aromatic rings. The first-order valence-electron chi connectivity index (χ1n) is 17.8. The minimum atomic E-state index is -0.577. The smallest absolute Gasteiger partial charge is 0.254 e. The second-order valence-electron chi connectivity index (χ2n) is 13.7. The summed E-state index contributed by atoms with van der Waals surface area (Å²) < 4.78 is 13.5. The zero-order chi connectivity index (χ0) is 30.7. The fourth-order valence-corrected chi connectivity index (χ4v) is 8.37. The molecule has 0 aromatic heterocycles. The Balaban J connectivity index is 1.29. The van der Waals surface area contributed by atoms with E-state index in [2.05, 4.69) is 92.8 Å². The fraction of sp³-hybridized carbons (Fsp3) is 0.442. The van der Waals surface area contributed by atoms with Gasteiger partial charge in [-0.15, -0.1) is 29.7 Å². The first-order chi connectivity index (χ1) is 22.2. The molecule has 1 saturated carbocycles. The molecule has 5 aliphatic rings. The van der Waals surface area contributed by atoms with Crippen LogP contribution in [0.25, 0.3) is 22.3 Å². The molecule has 1 fully saturated rings. The van der Waals surface area contributed by atoms with Crippen LogP contribution in [-0.4, -0.2) is 5.79 Å². The number of benzene rings is 2. The average Bonchev–Trinajstić information content (AvgIpc) is 3.26. The van der Waals surface area contributed by atoms with E-state index in [9.17, 15) is 0 Å². The van der Waals surface area contributed by atoms with Crippen molar-refractivity contribution in [2.24, 2.45) is 0 Å². The second kappa shape index (κ2) is 13.0. The minimum absolute atomic E-state index is 0.0531. The van der Waals surface area contributed by atoms with Crippen LogP contribution in [0.4, 0.5) is 0 Å². The molecular formula is C43H48O2. The van der Waals surface area contributed by atoms with Crippen LogP contribution in [0.3, 0.4) is 0 Å². The summed E-state index contributed by atoms with van der Waals surface area (Å²) >= 11 is 0. The number of rotatable bonds is 11. The van der Waals surface area contributed by atoms with Gasteiger partial charge in [-0.2, -0.15) is 0 Å². The topological polar surface area (TPSA) is 18.5 Å². The quantitative estimate of drug-likeness (QED) is 0.146. The molecular weight excluding hydrogens is 548 g/mol. The summed E-state index contributed by atoms with van der Waals surface area (Å²) in [6, 6.07) is 14.0. The average molecular weight is 597 g/mol. The Morgan fingerprint density at radius 1 is 0.778 bits per heavy atom. The number of unbranched alkanes of at least 4 members (excludes halogenated alkanes) is 6. The number of hydrogen-bond acceptors (Lipinski definition) is 2. The molecule has 2 aromatic carbocycles. The summed E-state index contributed by atoms with van der Waals surface area (Å²) in [6.07, 6.45) is 30.9. The number of hydrogen-bond donors (Lipinski definition) is 0. The summed E-state index contributed by atoms with van der Waals surface area (Å²) in [5, 5.41) is 0. The molecule has 0 N–H and O–H groups in total. The van der Waals surface area contributed by atoms with Gasteiger partial charge in [0, 0.05) is 18.6 Å². The molecule has 0 bridgehead atoms. The van der Waals surface area contributed by atoms with Crippen LogP contribution in [0, 0.1) is 12.8 Å². The van der Waals surface area contributed by atoms with Crippen LogP contribution in [0.5, 0.6) is 5.75 Å². The molecule has 7 rings (SSSR count). The Morgan fingerprint density at radius 2 is 1.53 bits per heavy atom. The normalized spacial score (nSPS) is 19.6. The van der Waals surface area contributed by atoms with Gasteiger partial charge in [-0.05, 0) is 54.4 Å². The van der Waals surface area contributed by atoms with Crippen LogP contribution in [-0.2, 0) is 10.2 Å². The monoisotopic (exact) mass is 596 g/mol. The van der Waals surface area contributed by atoms with Gasteiger partial charge in [-0.25, -0.2) is 5.73 Å². The largest absolute Gasteiger partial charge is 0.450 e. The van der Waals surface area contributed by atoms with Crippen molar-refractivity contribution in [3.05, 3.63) is 113 Å². The van der Waals surface area contributed by atoms with E-state index < -0.39 is 5.79 Å². The molecule has 1 aliphatic heterocycles. The van der Waals surface area contributed by atoms with E-state index in [0.717, 1.165) is 48.3 Å². The molecule has 1 spiro atoms. The predicted octanol–water partition coefficient (Wildman–Crippen LogP) is 11.9. The van der Waals surface area contributed by atoms with E-state index in [1.54, 1.807) is 0 Å². The molecule has 232 valence electrons. The van der Waals surface area contributed by atoms with Crippen molar-refractivity contribution in [2.45, 2.75) is 121 Å². The molecule has 0 saturated heterocycles. The fourth-order valence-electron chi connectivity index (χ4n) is 8.37. The third-order valence-corrected chi connectivity index (χ3v) is 10.8. The summed E-state index contributed by atoms with van der Waals surface area (Å²) in [5.41, 5.74) is 17.4. The van der Waals surface area contributed by atoms with Crippen molar-refractivity contribution in [1.82, 2.24) is 0 Å². The van der Waals surface area contributed by atoms with Gasteiger partial charge in [-0.1, -0.05) is 107 Å². The van der Waals surface area contributed by atoms with Gasteiger partial charge in [0.15, 0.2) is 0 Å². The van der Waals surface area contributed by atoms with Crippen molar-refractivity contribution in [3.8, 4) is 16.9 Å².